The van der Waals surface area contributed by atoms with Gasteiger partial charge in [0, 0.05) is 17.1 Å². The van der Waals surface area contributed by atoms with E-state index in [1.165, 1.54) is 0 Å². The molecule has 3 nitrogen and oxygen atoms in total. The van der Waals surface area contributed by atoms with E-state index >= 15 is 0 Å². The molecule has 0 radical (unpaired) electrons. The lowest BCUT2D eigenvalue weighted by molar-refractivity contribution is 0.973. The number of hydrogen-bond donors (Lipinski definition) is 1. The van der Waals surface area contributed by atoms with E-state index in [1.54, 1.807) is 0 Å². The summed E-state index contributed by atoms with van der Waals surface area (Å²) < 4.78 is 0. The van der Waals surface area contributed by atoms with Crippen LogP contribution in [-0.4, -0.2) is 16.7 Å². The molecule has 0 unspecified atom stereocenters. The molecular formula is C13H14ClN3. The van der Waals surface area contributed by atoms with E-state index in [0.717, 1.165) is 34.2 Å². The zero-order valence-electron chi connectivity index (χ0n) is 9.87. The Morgan fingerprint density at radius 3 is 2.53 bits per heavy atom. The Labute approximate surface area is 106 Å². The Hall–Kier alpha value is -1.61. The highest BCUT2D eigenvalue weighted by molar-refractivity contribution is 6.30. The van der Waals surface area contributed by atoms with E-state index < -0.39 is 0 Å². The zero-order valence-corrected chi connectivity index (χ0v) is 10.6. The molecule has 2 aromatic rings. The second kappa shape index (κ2) is 5.15. The standard InChI is InChI=1S/C13H14ClN3/c1-3-15-13-8-12(9(2)16-17-13)10-4-6-11(14)7-5-10/h4-8H,3H2,1-2H3,(H,15,17). The molecular weight excluding hydrogens is 234 g/mol. The molecule has 0 bridgehead atoms. The summed E-state index contributed by atoms with van der Waals surface area (Å²) in [5.41, 5.74) is 3.09. The number of aromatic nitrogens is 2. The number of nitrogens with zero attached hydrogens (tertiary/aromatic N) is 2. The van der Waals surface area contributed by atoms with Gasteiger partial charge in [-0.3, -0.25) is 0 Å². The van der Waals surface area contributed by atoms with Crippen molar-refractivity contribution < 1.29 is 0 Å². The minimum absolute atomic E-state index is 0.736. The van der Waals surface area contributed by atoms with Crippen LogP contribution in [-0.2, 0) is 0 Å². The van der Waals surface area contributed by atoms with Gasteiger partial charge in [0.1, 0.15) is 5.82 Å². The van der Waals surface area contributed by atoms with Crippen molar-refractivity contribution in [2.45, 2.75) is 13.8 Å². The third kappa shape index (κ3) is 2.74. The van der Waals surface area contributed by atoms with Crippen LogP contribution in [0.3, 0.4) is 0 Å². The predicted octanol–water partition coefficient (Wildman–Crippen LogP) is 3.54. The van der Waals surface area contributed by atoms with E-state index in [1.807, 2.05) is 44.2 Å². The van der Waals surface area contributed by atoms with Gasteiger partial charge < -0.3 is 5.32 Å². The first-order valence-electron chi connectivity index (χ1n) is 5.55. The van der Waals surface area contributed by atoms with Crippen LogP contribution >= 0.6 is 11.6 Å². The van der Waals surface area contributed by atoms with Crippen molar-refractivity contribution in [2.75, 3.05) is 11.9 Å². The van der Waals surface area contributed by atoms with Gasteiger partial charge in [-0.05, 0) is 37.6 Å². The number of nitrogens with one attached hydrogen (secondary N) is 1. The van der Waals surface area contributed by atoms with Crippen LogP contribution in [0.4, 0.5) is 5.82 Å². The minimum Gasteiger partial charge on any atom is -0.369 e. The quantitative estimate of drug-likeness (QED) is 0.902. The number of benzene rings is 1. The summed E-state index contributed by atoms with van der Waals surface area (Å²) in [6, 6.07) is 9.74. The van der Waals surface area contributed by atoms with Crippen LogP contribution in [0.5, 0.6) is 0 Å². The summed E-state index contributed by atoms with van der Waals surface area (Å²) in [7, 11) is 0. The highest BCUT2D eigenvalue weighted by atomic mass is 35.5. The molecule has 0 aliphatic rings. The molecule has 0 aliphatic heterocycles. The fourth-order valence-electron chi connectivity index (χ4n) is 1.64. The van der Waals surface area contributed by atoms with Gasteiger partial charge in [0.05, 0.1) is 5.69 Å². The van der Waals surface area contributed by atoms with E-state index in [9.17, 15) is 0 Å². The van der Waals surface area contributed by atoms with Crippen molar-refractivity contribution in [1.82, 2.24) is 10.2 Å². The normalized spacial score (nSPS) is 10.3. The van der Waals surface area contributed by atoms with Gasteiger partial charge in [-0.2, -0.15) is 5.10 Å². The number of halogens is 1. The molecule has 0 atom stereocenters. The van der Waals surface area contributed by atoms with Gasteiger partial charge in [-0.25, -0.2) is 0 Å². The lowest BCUT2D eigenvalue weighted by Crippen LogP contribution is -2.02. The molecule has 0 amide bonds. The molecule has 1 heterocycles. The van der Waals surface area contributed by atoms with Crippen molar-refractivity contribution >= 4 is 17.4 Å². The number of hydrogen-bond acceptors (Lipinski definition) is 3. The predicted molar refractivity (Wildman–Crippen MR) is 71.4 cm³/mol. The van der Waals surface area contributed by atoms with Crippen LogP contribution in [0.1, 0.15) is 12.6 Å². The maximum Gasteiger partial charge on any atom is 0.149 e. The van der Waals surface area contributed by atoms with Crippen molar-refractivity contribution in [3.05, 3.63) is 41.0 Å². The van der Waals surface area contributed by atoms with E-state index in [-0.39, 0.29) is 0 Å². The lowest BCUT2D eigenvalue weighted by Gasteiger charge is -2.08. The van der Waals surface area contributed by atoms with E-state index in [0.29, 0.717) is 0 Å². The monoisotopic (exact) mass is 247 g/mol. The summed E-state index contributed by atoms with van der Waals surface area (Å²) in [6.07, 6.45) is 0. The molecule has 1 aromatic carbocycles. The fourth-order valence-corrected chi connectivity index (χ4v) is 1.77. The Morgan fingerprint density at radius 2 is 1.88 bits per heavy atom. The SMILES string of the molecule is CCNc1cc(-c2ccc(Cl)cc2)c(C)nn1. The van der Waals surface area contributed by atoms with Crippen LogP contribution in [0.25, 0.3) is 11.1 Å². The Balaban J connectivity index is 2.42. The van der Waals surface area contributed by atoms with E-state index in [4.69, 9.17) is 11.6 Å². The van der Waals surface area contributed by atoms with Crippen LogP contribution < -0.4 is 5.32 Å². The first kappa shape index (κ1) is 11.9. The van der Waals surface area contributed by atoms with Crippen LogP contribution in [0.15, 0.2) is 30.3 Å². The van der Waals surface area contributed by atoms with Crippen molar-refractivity contribution in [3.8, 4) is 11.1 Å². The maximum atomic E-state index is 5.88. The average Bonchev–Trinajstić information content (AvgIpc) is 2.33. The zero-order chi connectivity index (χ0) is 12.3. The molecule has 0 aliphatic carbocycles. The Morgan fingerprint density at radius 1 is 1.18 bits per heavy atom. The number of rotatable bonds is 3. The highest BCUT2D eigenvalue weighted by Crippen LogP contribution is 2.25. The van der Waals surface area contributed by atoms with Gasteiger partial charge >= 0.3 is 0 Å². The molecule has 88 valence electrons. The summed E-state index contributed by atoms with van der Waals surface area (Å²) in [6.45, 7) is 4.81. The molecule has 17 heavy (non-hydrogen) atoms. The second-order valence-electron chi connectivity index (χ2n) is 3.77. The third-order valence-electron chi connectivity index (χ3n) is 2.49. The number of aryl methyl sites for hydroxylation is 1. The summed E-state index contributed by atoms with van der Waals surface area (Å²) in [4.78, 5) is 0. The summed E-state index contributed by atoms with van der Waals surface area (Å²) in [5, 5.41) is 12.1. The van der Waals surface area contributed by atoms with Gasteiger partial charge in [-0.15, -0.1) is 5.10 Å². The largest absolute Gasteiger partial charge is 0.369 e. The molecule has 0 fully saturated rings. The van der Waals surface area contributed by atoms with Crippen molar-refractivity contribution in [2.24, 2.45) is 0 Å². The molecule has 1 aromatic heterocycles. The third-order valence-corrected chi connectivity index (χ3v) is 2.74. The second-order valence-corrected chi connectivity index (χ2v) is 4.20. The van der Waals surface area contributed by atoms with Crippen molar-refractivity contribution in [3.63, 3.8) is 0 Å². The Bertz CT molecular complexity index is 509. The summed E-state index contributed by atoms with van der Waals surface area (Å²) in [5.74, 6) is 0.794. The molecule has 0 saturated carbocycles. The van der Waals surface area contributed by atoms with Gasteiger partial charge in [0.15, 0.2) is 0 Å². The molecule has 1 N–H and O–H groups in total. The topological polar surface area (TPSA) is 37.8 Å². The highest BCUT2D eigenvalue weighted by Gasteiger charge is 2.05. The van der Waals surface area contributed by atoms with Crippen molar-refractivity contribution in [1.29, 1.82) is 0 Å². The number of anilines is 1. The minimum atomic E-state index is 0.736. The molecule has 0 spiro atoms. The first-order chi connectivity index (χ1) is 8.20. The molecule has 2 rings (SSSR count). The summed E-state index contributed by atoms with van der Waals surface area (Å²) >= 11 is 5.88. The van der Waals surface area contributed by atoms with Gasteiger partial charge in [0.2, 0.25) is 0 Å². The van der Waals surface area contributed by atoms with Gasteiger partial charge in [0.25, 0.3) is 0 Å². The lowest BCUT2D eigenvalue weighted by atomic mass is 10.1. The van der Waals surface area contributed by atoms with Crippen LogP contribution in [0.2, 0.25) is 5.02 Å². The maximum absolute atomic E-state index is 5.88. The fraction of sp³-hybridized carbons (Fsp3) is 0.231. The smallest absolute Gasteiger partial charge is 0.149 e. The van der Waals surface area contributed by atoms with Gasteiger partial charge in [-0.1, -0.05) is 23.7 Å². The van der Waals surface area contributed by atoms with Crippen LogP contribution in [0, 0.1) is 6.92 Å². The average molecular weight is 248 g/mol. The first-order valence-corrected chi connectivity index (χ1v) is 5.92. The molecule has 4 heteroatoms. The molecule has 0 saturated heterocycles. The van der Waals surface area contributed by atoms with E-state index in [2.05, 4.69) is 15.5 Å². The Kier molecular flexibility index (Phi) is 3.59.